The van der Waals surface area contributed by atoms with Crippen molar-refractivity contribution in [2.75, 3.05) is 34.3 Å². The maximum absolute atomic E-state index is 15.4. The first-order chi connectivity index (χ1) is 21.6. The number of sulfonamides is 1. The zero-order chi connectivity index (χ0) is 33.4. The summed E-state index contributed by atoms with van der Waals surface area (Å²) in [6, 6.07) is 12.5. The molecule has 0 saturated carbocycles. The third-order valence-electron chi connectivity index (χ3n) is 8.38. The minimum Gasteiger partial charge on any atom is -0.537 e. The number of hydrogen-bond donors (Lipinski definition) is 0. The van der Waals surface area contributed by atoms with E-state index in [4.69, 9.17) is 16.3 Å². The van der Waals surface area contributed by atoms with Gasteiger partial charge >= 0.3 is 0 Å². The first-order valence-corrected chi connectivity index (χ1v) is 17.5. The molecule has 246 valence electrons. The number of nitrogens with zero attached hydrogens (tertiary/aromatic N) is 4. The largest absolute Gasteiger partial charge is 0.537 e. The van der Waals surface area contributed by atoms with Crippen LogP contribution >= 0.6 is 23.4 Å². The van der Waals surface area contributed by atoms with Crippen LogP contribution in [0.25, 0.3) is 10.4 Å². The van der Waals surface area contributed by atoms with Crippen LogP contribution < -0.4 is 4.74 Å². The van der Waals surface area contributed by atoms with E-state index in [0.717, 1.165) is 48.1 Å². The molecule has 4 aromatic rings. The minimum atomic E-state index is -4.27. The molecule has 0 radical (unpaired) electrons. The van der Waals surface area contributed by atoms with Crippen LogP contribution in [0.4, 0.5) is 13.2 Å². The van der Waals surface area contributed by atoms with Gasteiger partial charge in [-0.15, -0.1) is 0 Å². The lowest BCUT2D eigenvalue weighted by atomic mass is 9.81. The highest BCUT2D eigenvalue weighted by atomic mass is 35.5. The van der Waals surface area contributed by atoms with E-state index in [9.17, 15) is 12.8 Å². The Bertz CT molecular complexity index is 1820. The number of benzene rings is 3. The molecule has 1 aliphatic rings. The maximum Gasteiger partial charge on any atom is 0.173 e. The highest BCUT2D eigenvalue weighted by molar-refractivity contribution is 7.98. The maximum atomic E-state index is 15.4. The van der Waals surface area contributed by atoms with Crippen LogP contribution in [-0.4, -0.2) is 62.8 Å². The number of methoxy groups -OCH3 is 1. The standard InChI is InChI=1S/C33H36ClF3N4O3S2/c1-33(2,21-8-13-27(34)30(15-21)44-5)31-18-38-32(40(31)24-11-9-22(35)10-12-24)45-20-26-28(36)16-25(17-29(26)37)46(42,43)39-23-7-6-14-41(3,4)19-23/h8-13,15-18,23H,6-7,14,19-20H2,1-5H3/t23-/m1/s1. The van der Waals surface area contributed by atoms with E-state index in [1.54, 1.807) is 24.4 Å². The molecule has 1 fully saturated rings. The number of rotatable bonds is 10. The number of imidazole rings is 1. The monoisotopic (exact) mass is 692 g/mol. The number of hydrogen-bond acceptors (Lipinski definition) is 5. The minimum absolute atomic E-state index is 0.184. The summed E-state index contributed by atoms with van der Waals surface area (Å²) < 4.78 is 82.6. The van der Waals surface area contributed by atoms with Gasteiger partial charge in [0.05, 0.1) is 56.1 Å². The summed E-state index contributed by atoms with van der Waals surface area (Å²) in [7, 11) is 1.26. The summed E-state index contributed by atoms with van der Waals surface area (Å²) in [6.07, 6.45) is 3.09. The predicted octanol–water partition coefficient (Wildman–Crippen LogP) is 7.87. The fourth-order valence-electron chi connectivity index (χ4n) is 5.77. The van der Waals surface area contributed by atoms with Gasteiger partial charge in [0.1, 0.15) is 33.2 Å². The van der Waals surface area contributed by atoms with Crippen LogP contribution in [0.1, 0.15) is 43.5 Å². The number of thioether (sulfide) groups is 1. The molecular formula is C33H36ClF3N4O3S2. The first kappa shape index (κ1) is 34.3. The molecule has 0 N–H and O–H groups in total. The molecule has 2 heterocycles. The molecule has 1 atom stereocenters. The van der Waals surface area contributed by atoms with Gasteiger partial charge in [0.25, 0.3) is 0 Å². The van der Waals surface area contributed by atoms with E-state index in [1.165, 1.54) is 19.2 Å². The van der Waals surface area contributed by atoms with Crippen molar-refractivity contribution in [1.82, 2.24) is 9.55 Å². The van der Waals surface area contributed by atoms with E-state index in [-0.39, 0.29) is 11.3 Å². The lowest BCUT2D eigenvalue weighted by molar-refractivity contribution is -0.895. The average molecular weight is 693 g/mol. The van der Waals surface area contributed by atoms with Crippen molar-refractivity contribution in [2.24, 2.45) is 0 Å². The number of likely N-dealkylation sites (tertiary alicyclic amines) is 1. The van der Waals surface area contributed by atoms with Crippen molar-refractivity contribution < 1.29 is 30.8 Å². The van der Waals surface area contributed by atoms with Crippen molar-refractivity contribution in [2.45, 2.75) is 54.0 Å². The van der Waals surface area contributed by atoms with Gasteiger partial charge in [0, 0.05) is 22.4 Å². The summed E-state index contributed by atoms with van der Waals surface area (Å²) in [6.45, 7) is 5.41. The summed E-state index contributed by atoms with van der Waals surface area (Å²) in [4.78, 5) is 4.08. The Labute approximate surface area is 277 Å². The third kappa shape index (κ3) is 7.26. The zero-order valence-corrected chi connectivity index (χ0v) is 28.6. The fraction of sp³-hybridized carbons (Fsp3) is 0.364. The molecule has 3 aromatic carbocycles. The van der Waals surface area contributed by atoms with Gasteiger partial charge in [-0.1, -0.05) is 55.7 Å². The van der Waals surface area contributed by atoms with Crippen LogP contribution in [0, 0.1) is 17.5 Å². The van der Waals surface area contributed by atoms with Gasteiger partial charge in [-0.3, -0.25) is 4.57 Å². The Kier molecular flexibility index (Phi) is 9.87. The fourth-order valence-corrected chi connectivity index (χ4v) is 8.16. The highest BCUT2D eigenvalue weighted by Gasteiger charge is 2.31. The lowest BCUT2D eigenvalue weighted by Crippen LogP contribution is -2.49. The number of likely N-dealkylation sites (N-methyl/N-ethyl adjacent to an activating group) is 1. The molecular weight excluding hydrogens is 657 g/mol. The second-order valence-corrected chi connectivity index (χ2v) is 15.6. The SMILES string of the molecule is COc1cc(C(C)(C)c2cnc(SCc3c(F)cc(S(=O)(=O)[N-][C@@H]4CCC[N+](C)(C)C4)cc3F)n2-c2ccc(F)cc2)ccc1Cl. The van der Waals surface area contributed by atoms with E-state index in [0.29, 0.717) is 39.1 Å². The Hall–Kier alpha value is -3.03. The van der Waals surface area contributed by atoms with Crippen molar-refractivity contribution in [3.05, 3.63) is 105 Å². The molecule has 5 rings (SSSR count). The second kappa shape index (κ2) is 13.2. The van der Waals surface area contributed by atoms with Gasteiger partial charge in [-0.05, 0) is 60.5 Å². The topological polar surface area (TPSA) is 75.3 Å². The number of halogens is 4. The van der Waals surface area contributed by atoms with Gasteiger partial charge in [0.15, 0.2) is 5.16 Å². The smallest absolute Gasteiger partial charge is 0.173 e. The summed E-state index contributed by atoms with van der Waals surface area (Å²) in [5, 5.41) is 0.859. The molecule has 0 bridgehead atoms. The molecule has 0 spiro atoms. The molecule has 0 amide bonds. The Morgan fingerprint density at radius 2 is 1.76 bits per heavy atom. The molecule has 0 unspecified atom stereocenters. The number of piperidine rings is 1. The van der Waals surface area contributed by atoms with Crippen molar-refractivity contribution in [3.8, 4) is 11.4 Å². The van der Waals surface area contributed by atoms with E-state index >= 15 is 8.78 Å². The van der Waals surface area contributed by atoms with Crippen molar-refractivity contribution >= 4 is 33.4 Å². The summed E-state index contributed by atoms with van der Waals surface area (Å²) in [5.41, 5.74) is 1.22. The van der Waals surface area contributed by atoms with Crippen LogP contribution in [0.15, 0.2) is 70.8 Å². The Balaban J connectivity index is 1.45. The van der Waals surface area contributed by atoms with Gasteiger partial charge in [-0.25, -0.2) is 26.6 Å². The normalized spacial score (nSPS) is 16.8. The van der Waals surface area contributed by atoms with Crippen LogP contribution in [0.2, 0.25) is 5.02 Å². The Morgan fingerprint density at radius 1 is 1.09 bits per heavy atom. The molecule has 1 saturated heterocycles. The third-order valence-corrected chi connectivity index (χ3v) is 11.1. The summed E-state index contributed by atoms with van der Waals surface area (Å²) >= 11 is 7.34. The second-order valence-electron chi connectivity index (χ2n) is 12.6. The van der Waals surface area contributed by atoms with Crippen LogP contribution in [0.5, 0.6) is 5.75 Å². The molecule has 1 aliphatic heterocycles. The van der Waals surface area contributed by atoms with Crippen LogP contribution in [-0.2, 0) is 21.2 Å². The number of aromatic nitrogens is 2. The molecule has 46 heavy (non-hydrogen) atoms. The van der Waals surface area contributed by atoms with Gasteiger partial charge in [0.2, 0.25) is 0 Å². The van der Waals surface area contributed by atoms with Crippen LogP contribution in [0.3, 0.4) is 0 Å². The van der Waals surface area contributed by atoms with E-state index < -0.39 is 43.8 Å². The van der Waals surface area contributed by atoms with Crippen molar-refractivity contribution in [1.29, 1.82) is 0 Å². The van der Waals surface area contributed by atoms with E-state index in [1.807, 2.05) is 44.6 Å². The Morgan fingerprint density at radius 3 is 2.39 bits per heavy atom. The van der Waals surface area contributed by atoms with Gasteiger partial charge in [-0.2, -0.15) is 0 Å². The molecule has 1 aromatic heterocycles. The summed E-state index contributed by atoms with van der Waals surface area (Å²) in [5.74, 6) is -2.08. The average Bonchev–Trinajstić information content (AvgIpc) is 3.41. The molecule has 13 heteroatoms. The first-order valence-electron chi connectivity index (χ1n) is 14.7. The number of ether oxygens (including phenoxy) is 1. The quantitative estimate of drug-likeness (QED) is 0.125. The lowest BCUT2D eigenvalue weighted by Gasteiger charge is -2.43. The predicted molar refractivity (Wildman–Crippen MR) is 175 cm³/mol. The van der Waals surface area contributed by atoms with Gasteiger partial charge < -0.3 is 13.9 Å². The van der Waals surface area contributed by atoms with E-state index in [2.05, 4.69) is 9.71 Å². The zero-order valence-electron chi connectivity index (χ0n) is 26.2. The van der Waals surface area contributed by atoms with Crippen molar-refractivity contribution in [3.63, 3.8) is 0 Å². The molecule has 7 nitrogen and oxygen atoms in total. The molecule has 0 aliphatic carbocycles. The number of quaternary nitrogens is 1. The highest BCUT2D eigenvalue weighted by Crippen LogP contribution is 2.40.